The lowest BCUT2D eigenvalue weighted by Crippen LogP contribution is -2.06. The molecule has 110 valence electrons. The summed E-state index contributed by atoms with van der Waals surface area (Å²) in [6.45, 7) is 0. The zero-order chi connectivity index (χ0) is 15.6. The molecule has 0 aliphatic carbocycles. The molecule has 0 spiro atoms. The number of hydrogen-bond acceptors (Lipinski definition) is 4. The van der Waals surface area contributed by atoms with Crippen LogP contribution in [0.5, 0.6) is 11.5 Å². The average Bonchev–Trinajstić information content (AvgIpc) is 2.45. The summed E-state index contributed by atoms with van der Waals surface area (Å²) >= 11 is 3.04. The number of esters is 1. The van der Waals surface area contributed by atoms with Crippen molar-refractivity contribution in [2.45, 2.75) is 0 Å². The molecule has 0 aromatic heterocycles. The molecule has 0 heterocycles. The summed E-state index contributed by atoms with van der Waals surface area (Å²) in [5, 5.41) is 0. The summed E-state index contributed by atoms with van der Waals surface area (Å²) in [7, 11) is 1.21. The summed E-state index contributed by atoms with van der Waals surface area (Å²) in [5.74, 6) is -3.20. The van der Waals surface area contributed by atoms with Crippen molar-refractivity contribution in [3.05, 3.63) is 52.0 Å². The molecule has 2 rings (SSSR count). The van der Waals surface area contributed by atoms with Gasteiger partial charge in [0.1, 0.15) is 0 Å². The van der Waals surface area contributed by atoms with Crippen LogP contribution in [0.1, 0.15) is 10.4 Å². The molecule has 0 aliphatic rings. The van der Waals surface area contributed by atoms with Crippen molar-refractivity contribution in [1.29, 1.82) is 0 Å². The first-order valence-electron chi connectivity index (χ1n) is 5.73. The number of hydrogen-bond donors (Lipinski definition) is 1. The van der Waals surface area contributed by atoms with Crippen LogP contribution in [0.3, 0.4) is 0 Å². The molecule has 2 N–H and O–H groups in total. The number of para-hydroxylation sites is 1. The van der Waals surface area contributed by atoms with Gasteiger partial charge in [0.2, 0.25) is 5.82 Å². The Morgan fingerprint density at radius 2 is 1.95 bits per heavy atom. The highest BCUT2D eigenvalue weighted by Crippen LogP contribution is 2.34. The molecule has 0 aliphatic heterocycles. The van der Waals surface area contributed by atoms with Crippen LogP contribution < -0.4 is 10.5 Å². The van der Waals surface area contributed by atoms with Crippen LogP contribution >= 0.6 is 15.9 Å². The molecule has 0 amide bonds. The maximum Gasteiger partial charge on any atom is 0.340 e. The molecule has 0 radical (unpaired) electrons. The van der Waals surface area contributed by atoms with E-state index in [2.05, 4.69) is 20.7 Å². The second kappa shape index (κ2) is 6.09. The Morgan fingerprint density at radius 1 is 1.24 bits per heavy atom. The van der Waals surface area contributed by atoms with E-state index in [0.717, 1.165) is 6.07 Å². The number of carbonyl (C=O) groups is 1. The Hall–Kier alpha value is -2.15. The Bertz CT molecular complexity index is 707. The molecule has 0 unspecified atom stereocenters. The zero-order valence-electron chi connectivity index (χ0n) is 10.8. The molecule has 0 fully saturated rings. The van der Waals surface area contributed by atoms with Crippen LogP contribution in [0.2, 0.25) is 0 Å². The number of benzene rings is 2. The molecule has 0 atom stereocenters. The number of rotatable bonds is 3. The van der Waals surface area contributed by atoms with Crippen molar-refractivity contribution in [3.8, 4) is 11.5 Å². The molecule has 21 heavy (non-hydrogen) atoms. The van der Waals surface area contributed by atoms with Gasteiger partial charge in [0.15, 0.2) is 17.3 Å². The van der Waals surface area contributed by atoms with Gasteiger partial charge in [-0.3, -0.25) is 0 Å². The Labute approximate surface area is 127 Å². The number of carbonyl (C=O) groups excluding carboxylic acids is 1. The van der Waals surface area contributed by atoms with Crippen LogP contribution in [-0.2, 0) is 4.74 Å². The van der Waals surface area contributed by atoms with Crippen molar-refractivity contribution < 1.29 is 23.0 Å². The van der Waals surface area contributed by atoms with Crippen molar-refractivity contribution >= 4 is 27.6 Å². The standard InChI is InChI=1S/C14H10BrF2NO3/c1-20-14(19)8-3-2-4-10(13(8)18)21-11-6-7(15)5-9(16)12(11)17/h2-6H,18H2,1H3. The van der Waals surface area contributed by atoms with E-state index >= 15 is 0 Å². The number of methoxy groups -OCH3 is 1. The van der Waals surface area contributed by atoms with Gasteiger partial charge in [-0.25, -0.2) is 9.18 Å². The smallest absolute Gasteiger partial charge is 0.340 e. The number of nitrogens with two attached hydrogens (primary N) is 1. The highest BCUT2D eigenvalue weighted by Gasteiger charge is 2.17. The molecular weight excluding hydrogens is 348 g/mol. The second-order valence-electron chi connectivity index (χ2n) is 4.01. The Morgan fingerprint density at radius 3 is 2.62 bits per heavy atom. The zero-order valence-corrected chi connectivity index (χ0v) is 12.4. The monoisotopic (exact) mass is 357 g/mol. The number of ether oxygens (including phenoxy) is 2. The summed E-state index contributed by atoms with van der Waals surface area (Å²) in [5.41, 5.74) is 5.83. The van der Waals surface area contributed by atoms with Gasteiger partial charge >= 0.3 is 5.97 Å². The van der Waals surface area contributed by atoms with E-state index in [1.165, 1.54) is 31.4 Å². The topological polar surface area (TPSA) is 61.5 Å². The molecule has 0 saturated heterocycles. The van der Waals surface area contributed by atoms with Crippen LogP contribution in [-0.4, -0.2) is 13.1 Å². The second-order valence-corrected chi connectivity index (χ2v) is 4.93. The average molecular weight is 358 g/mol. The van der Waals surface area contributed by atoms with Gasteiger partial charge in [0.25, 0.3) is 0 Å². The number of nitrogen functional groups attached to an aromatic ring is 1. The van der Waals surface area contributed by atoms with Crippen molar-refractivity contribution in [3.63, 3.8) is 0 Å². The van der Waals surface area contributed by atoms with Crippen LogP contribution in [0, 0.1) is 11.6 Å². The fourth-order valence-electron chi connectivity index (χ4n) is 1.65. The maximum atomic E-state index is 13.7. The molecule has 2 aromatic carbocycles. The molecule has 7 heteroatoms. The van der Waals surface area contributed by atoms with E-state index < -0.39 is 17.6 Å². The normalized spacial score (nSPS) is 10.3. The van der Waals surface area contributed by atoms with E-state index in [4.69, 9.17) is 10.5 Å². The summed E-state index contributed by atoms with van der Waals surface area (Å²) in [6.07, 6.45) is 0. The van der Waals surface area contributed by atoms with E-state index in [9.17, 15) is 13.6 Å². The van der Waals surface area contributed by atoms with Crippen LogP contribution in [0.4, 0.5) is 14.5 Å². The SMILES string of the molecule is COC(=O)c1cccc(Oc2cc(Br)cc(F)c2F)c1N. The van der Waals surface area contributed by atoms with Crippen molar-refractivity contribution in [1.82, 2.24) is 0 Å². The van der Waals surface area contributed by atoms with Crippen molar-refractivity contribution in [2.75, 3.05) is 12.8 Å². The van der Waals surface area contributed by atoms with Crippen molar-refractivity contribution in [2.24, 2.45) is 0 Å². The van der Waals surface area contributed by atoms with Gasteiger partial charge in [-0.05, 0) is 24.3 Å². The van der Waals surface area contributed by atoms with E-state index in [0.29, 0.717) is 4.47 Å². The number of halogens is 3. The van der Waals surface area contributed by atoms with Gasteiger partial charge in [-0.2, -0.15) is 4.39 Å². The molecule has 0 bridgehead atoms. The Balaban J connectivity index is 2.43. The van der Waals surface area contributed by atoms with Gasteiger partial charge in [0, 0.05) is 4.47 Å². The summed E-state index contributed by atoms with van der Waals surface area (Å²) in [4.78, 5) is 11.5. The molecular formula is C14H10BrF2NO3. The van der Waals surface area contributed by atoms with Crippen LogP contribution in [0.15, 0.2) is 34.8 Å². The van der Waals surface area contributed by atoms with Gasteiger partial charge < -0.3 is 15.2 Å². The van der Waals surface area contributed by atoms with Gasteiger partial charge in [-0.1, -0.05) is 22.0 Å². The predicted octanol–water partition coefficient (Wildman–Crippen LogP) is 3.89. The molecule has 4 nitrogen and oxygen atoms in total. The minimum atomic E-state index is -1.15. The lowest BCUT2D eigenvalue weighted by atomic mass is 10.1. The summed E-state index contributed by atoms with van der Waals surface area (Å²) in [6, 6.07) is 6.58. The first kappa shape index (κ1) is 15.2. The first-order valence-corrected chi connectivity index (χ1v) is 6.52. The fraction of sp³-hybridized carbons (Fsp3) is 0.0714. The van der Waals surface area contributed by atoms with E-state index in [1.54, 1.807) is 0 Å². The third-order valence-corrected chi connectivity index (χ3v) is 3.11. The summed E-state index contributed by atoms with van der Waals surface area (Å²) < 4.78 is 37.1. The molecule has 0 saturated carbocycles. The van der Waals surface area contributed by atoms with E-state index in [-0.39, 0.29) is 22.7 Å². The highest BCUT2D eigenvalue weighted by molar-refractivity contribution is 9.10. The van der Waals surface area contributed by atoms with Gasteiger partial charge in [-0.15, -0.1) is 0 Å². The molecule has 2 aromatic rings. The maximum absolute atomic E-state index is 13.7. The van der Waals surface area contributed by atoms with E-state index in [1.807, 2.05) is 0 Å². The predicted molar refractivity (Wildman–Crippen MR) is 76.3 cm³/mol. The number of anilines is 1. The van der Waals surface area contributed by atoms with Crippen LogP contribution in [0.25, 0.3) is 0 Å². The Kier molecular flexibility index (Phi) is 4.42. The quantitative estimate of drug-likeness (QED) is 0.514. The largest absolute Gasteiger partial charge is 0.465 e. The minimum absolute atomic E-state index is 0.0225. The lowest BCUT2D eigenvalue weighted by molar-refractivity contribution is 0.0601. The minimum Gasteiger partial charge on any atom is -0.465 e. The highest BCUT2D eigenvalue weighted by atomic mass is 79.9. The van der Waals surface area contributed by atoms with Gasteiger partial charge in [0.05, 0.1) is 18.4 Å². The first-order chi connectivity index (χ1) is 9.93. The fourth-order valence-corrected chi connectivity index (χ4v) is 2.05. The third-order valence-electron chi connectivity index (χ3n) is 2.65. The third kappa shape index (κ3) is 3.13. The lowest BCUT2D eigenvalue weighted by Gasteiger charge is -2.12.